The molecule has 2 aliphatic carbocycles. The van der Waals surface area contributed by atoms with E-state index in [1.807, 2.05) is 87.0 Å². The second-order valence-electron chi connectivity index (χ2n) is 12.8. The molecule has 0 radical (unpaired) electrons. The van der Waals surface area contributed by atoms with Crippen molar-refractivity contribution in [3.63, 3.8) is 0 Å². The minimum atomic E-state index is -1.14. The highest BCUT2D eigenvalue weighted by Crippen LogP contribution is 2.52. The number of rotatable bonds is 13. The van der Waals surface area contributed by atoms with Gasteiger partial charge in [0, 0.05) is 16.2 Å². The molecule has 2 fully saturated rings. The van der Waals surface area contributed by atoms with E-state index in [-0.39, 0.29) is 0 Å². The zero-order chi connectivity index (χ0) is 33.4. The van der Waals surface area contributed by atoms with Crippen molar-refractivity contribution in [3.05, 3.63) is 132 Å². The summed E-state index contributed by atoms with van der Waals surface area (Å²) in [4.78, 5) is 0. The molecule has 5 nitrogen and oxygen atoms in total. The van der Waals surface area contributed by atoms with Crippen molar-refractivity contribution >= 4 is 31.2 Å². The van der Waals surface area contributed by atoms with Crippen molar-refractivity contribution in [1.82, 2.24) is 0 Å². The monoisotopic (exact) mass is 670 g/mol. The molecule has 5 aromatic carbocycles. The Kier molecular flexibility index (Phi) is 10.7. The van der Waals surface area contributed by atoms with Crippen molar-refractivity contribution in [1.29, 1.82) is 0 Å². The predicted molar refractivity (Wildman–Crippen MR) is 201 cm³/mol. The number of para-hydroxylation sites is 3. The molecule has 2 saturated carbocycles. The van der Waals surface area contributed by atoms with Gasteiger partial charge in [-0.1, -0.05) is 111 Å². The fourth-order valence-electron chi connectivity index (χ4n) is 7.53. The van der Waals surface area contributed by atoms with Gasteiger partial charge in [-0.15, -0.1) is 0 Å². The van der Waals surface area contributed by atoms with Gasteiger partial charge in [-0.2, -0.15) is 0 Å². The topological polar surface area (TPSA) is 46.2 Å². The molecule has 0 heterocycles. The van der Waals surface area contributed by atoms with Gasteiger partial charge in [0.1, 0.15) is 28.7 Å². The zero-order valence-corrected chi connectivity index (χ0v) is 29.3. The summed E-state index contributed by atoms with van der Waals surface area (Å²) in [5, 5.41) is 3.49. The van der Waals surface area contributed by atoms with Crippen LogP contribution >= 0.6 is 7.92 Å². The molecular formula is C42H44BO5P. The molecule has 7 rings (SSSR count). The van der Waals surface area contributed by atoms with Gasteiger partial charge >= 0.3 is 7.32 Å². The van der Waals surface area contributed by atoms with Crippen LogP contribution in [-0.2, 0) is 0 Å². The summed E-state index contributed by atoms with van der Waals surface area (Å²) in [5.74, 6) is 4.90. The maximum Gasteiger partial charge on any atom is 0.864 e. The van der Waals surface area contributed by atoms with Gasteiger partial charge in [0.25, 0.3) is 0 Å². The van der Waals surface area contributed by atoms with Gasteiger partial charge in [0.15, 0.2) is 0 Å². The first-order valence-corrected chi connectivity index (χ1v) is 18.9. The SMILES string of the molecule is COc1c(C2CCCC2)cc(P(c2ccccc2)c2ccccc2OB(Oc2ccccc2)Oc2ccccc2)c(OC)c1C1CCCC1. The van der Waals surface area contributed by atoms with Crippen molar-refractivity contribution in [3.8, 4) is 28.7 Å². The maximum atomic E-state index is 6.76. The number of methoxy groups -OCH3 is 2. The Balaban J connectivity index is 1.38. The third kappa shape index (κ3) is 7.45. The van der Waals surface area contributed by atoms with Crippen LogP contribution in [0.5, 0.6) is 28.7 Å². The standard InChI is InChI=1S/C42H44BO5P/c1-44-41-36(31-18-12-13-19-31)30-39(42(45-2)40(41)32-20-14-15-21-32)49(35-26-10-5-11-27-35)38-29-17-16-28-37(38)48-43(46-33-22-6-3-7-23-33)47-34-24-8-4-9-25-34/h3-11,16-17,22-32H,12-15,18-21H2,1-2H3. The molecule has 250 valence electrons. The van der Waals surface area contributed by atoms with Crippen LogP contribution in [0.2, 0.25) is 0 Å². The van der Waals surface area contributed by atoms with Crippen LogP contribution in [0.1, 0.15) is 74.3 Å². The molecule has 2 aliphatic rings. The lowest BCUT2D eigenvalue weighted by atomic mass is 9.88. The third-order valence-electron chi connectivity index (χ3n) is 9.78. The average Bonchev–Trinajstić information content (AvgIpc) is 3.89. The van der Waals surface area contributed by atoms with E-state index in [2.05, 4.69) is 48.5 Å². The smallest absolute Gasteiger partial charge is 0.496 e. The lowest BCUT2D eigenvalue weighted by molar-refractivity contribution is 0.308. The first kappa shape index (κ1) is 33.1. The molecule has 0 N–H and O–H groups in total. The van der Waals surface area contributed by atoms with Crippen molar-refractivity contribution in [2.75, 3.05) is 14.2 Å². The van der Waals surface area contributed by atoms with E-state index < -0.39 is 15.2 Å². The Hall–Kier alpha value is -4.41. The fraction of sp³-hybridized carbons (Fsp3) is 0.286. The molecule has 5 aromatic rings. The lowest BCUT2D eigenvalue weighted by Crippen LogP contribution is -2.38. The summed E-state index contributed by atoms with van der Waals surface area (Å²) in [6, 6.07) is 40.8. The molecule has 7 heteroatoms. The van der Waals surface area contributed by atoms with E-state index in [0.29, 0.717) is 29.1 Å². The first-order valence-electron chi connectivity index (χ1n) is 17.6. The van der Waals surface area contributed by atoms with Crippen LogP contribution in [-0.4, -0.2) is 21.5 Å². The first-order chi connectivity index (χ1) is 24.2. The molecular weight excluding hydrogens is 626 g/mol. The van der Waals surface area contributed by atoms with Crippen molar-refractivity contribution in [2.45, 2.75) is 63.2 Å². The van der Waals surface area contributed by atoms with Crippen LogP contribution in [0.3, 0.4) is 0 Å². The summed E-state index contributed by atoms with van der Waals surface area (Å²) in [5.41, 5.74) is 2.58. The van der Waals surface area contributed by atoms with Gasteiger partial charge < -0.3 is 23.4 Å². The normalized spacial score (nSPS) is 15.5. The van der Waals surface area contributed by atoms with Crippen LogP contribution in [0.15, 0.2) is 121 Å². The number of hydrogen-bond acceptors (Lipinski definition) is 5. The van der Waals surface area contributed by atoms with E-state index in [9.17, 15) is 0 Å². The van der Waals surface area contributed by atoms with E-state index in [1.54, 1.807) is 0 Å². The number of hydrogen-bond donors (Lipinski definition) is 0. The van der Waals surface area contributed by atoms with E-state index in [1.165, 1.54) is 60.3 Å². The molecule has 1 atom stereocenters. The molecule has 1 unspecified atom stereocenters. The minimum absolute atomic E-state index is 0.409. The van der Waals surface area contributed by atoms with Crippen molar-refractivity contribution in [2.24, 2.45) is 0 Å². The molecule has 0 spiro atoms. The predicted octanol–water partition coefficient (Wildman–Crippen LogP) is 9.30. The van der Waals surface area contributed by atoms with E-state index >= 15 is 0 Å². The Morgan fingerprint density at radius 3 is 1.61 bits per heavy atom. The van der Waals surface area contributed by atoms with Crippen LogP contribution in [0, 0.1) is 0 Å². The van der Waals surface area contributed by atoms with Gasteiger partial charge in [-0.05, 0) is 92.7 Å². The highest BCUT2D eigenvalue weighted by molar-refractivity contribution is 7.80. The molecule has 0 aliphatic heterocycles. The summed E-state index contributed by atoms with van der Waals surface area (Å²) < 4.78 is 32.3. The minimum Gasteiger partial charge on any atom is -0.496 e. The van der Waals surface area contributed by atoms with Crippen LogP contribution in [0.25, 0.3) is 0 Å². The van der Waals surface area contributed by atoms with Gasteiger partial charge in [-0.3, -0.25) is 0 Å². The Morgan fingerprint density at radius 2 is 1.04 bits per heavy atom. The largest absolute Gasteiger partial charge is 0.864 e. The second-order valence-corrected chi connectivity index (χ2v) is 15.0. The van der Waals surface area contributed by atoms with Gasteiger partial charge in [-0.25, -0.2) is 0 Å². The zero-order valence-electron chi connectivity index (χ0n) is 28.4. The summed E-state index contributed by atoms with van der Waals surface area (Å²) >= 11 is 0. The van der Waals surface area contributed by atoms with Crippen LogP contribution < -0.4 is 39.4 Å². The van der Waals surface area contributed by atoms with E-state index in [4.69, 9.17) is 23.4 Å². The maximum absolute atomic E-state index is 6.76. The molecule has 0 bridgehead atoms. The third-order valence-corrected chi connectivity index (χ3v) is 12.3. The fourth-order valence-corrected chi connectivity index (χ4v) is 10.1. The Morgan fingerprint density at radius 1 is 0.531 bits per heavy atom. The molecule has 0 aromatic heterocycles. The molecule has 0 saturated heterocycles. The van der Waals surface area contributed by atoms with Gasteiger partial charge in [0.2, 0.25) is 0 Å². The summed E-state index contributed by atoms with van der Waals surface area (Å²) in [6.45, 7) is 0. The highest BCUT2D eigenvalue weighted by atomic mass is 31.1. The lowest BCUT2D eigenvalue weighted by Gasteiger charge is -2.30. The van der Waals surface area contributed by atoms with Gasteiger partial charge in [0.05, 0.1) is 14.2 Å². The molecule has 0 amide bonds. The second kappa shape index (κ2) is 15.9. The Bertz CT molecular complexity index is 1750. The quantitative estimate of drug-likeness (QED) is 0.0924. The highest BCUT2D eigenvalue weighted by Gasteiger charge is 2.37. The summed E-state index contributed by atoms with van der Waals surface area (Å²) in [6.07, 6.45) is 9.64. The number of benzene rings is 5. The van der Waals surface area contributed by atoms with E-state index in [0.717, 1.165) is 29.6 Å². The summed E-state index contributed by atoms with van der Waals surface area (Å²) in [7, 11) is 1.50. The van der Waals surface area contributed by atoms with Crippen molar-refractivity contribution < 1.29 is 23.4 Å². The average molecular weight is 671 g/mol. The van der Waals surface area contributed by atoms with Crippen LogP contribution in [0.4, 0.5) is 0 Å². The number of ether oxygens (including phenoxy) is 2. The molecule has 49 heavy (non-hydrogen) atoms. The Labute approximate surface area is 292 Å².